The van der Waals surface area contributed by atoms with Crippen molar-refractivity contribution in [3.05, 3.63) is 59.5 Å². The molecular formula is C19H16O4S. The van der Waals surface area contributed by atoms with Gasteiger partial charge in [0.2, 0.25) is 0 Å². The van der Waals surface area contributed by atoms with E-state index in [2.05, 4.69) is 0 Å². The smallest absolute Gasteiger partial charge is 0.345 e. The third-order valence-electron chi connectivity index (χ3n) is 3.70. The van der Waals surface area contributed by atoms with E-state index < -0.39 is 5.97 Å². The second-order valence-electron chi connectivity index (χ2n) is 5.12. The minimum Gasteiger partial charge on any atom is -0.497 e. The maximum Gasteiger partial charge on any atom is 0.345 e. The number of methoxy groups -OCH3 is 2. The van der Waals surface area contributed by atoms with Crippen molar-refractivity contribution in [1.29, 1.82) is 0 Å². The molecule has 0 bridgehead atoms. The summed E-state index contributed by atoms with van der Waals surface area (Å²) in [5.41, 5.74) is 2.80. The molecule has 0 spiro atoms. The molecule has 0 atom stereocenters. The molecule has 1 aromatic heterocycles. The van der Waals surface area contributed by atoms with Gasteiger partial charge < -0.3 is 14.6 Å². The zero-order chi connectivity index (χ0) is 17.1. The van der Waals surface area contributed by atoms with Gasteiger partial charge in [-0.25, -0.2) is 4.79 Å². The number of hydrogen-bond acceptors (Lipinski definition) is 4. The van der Waals surface area contributed by atoms with E-state index in [4.69, 9.17) is 9.47 Å². The highest BCUT2D eigenvalue weighted by Gasteiger charge is 2.16. The van der Waals surface area contributed by atoms with Gasteiger partial charge in [-0.05, 0) is 53.6 Å². The largest absolute Gasteiger partial charge is 0.497 e. The Hall–Kier alpha value is -2.79. The van der Waals surface area contributed by atoms with Crippen LogP contribution >= 0.6 is 11.3 Å². The van der Waals surface area contributed by atoms with E-state index in [0.29, 0.717) is 4.88 Å². The van der Waals surface area contributed by atoms with E-state index in [-0.39, 0.29) is 0 Å². The monoisotopic (exact) mass is 340 g/mol. The predicted octanol–water partition coefficient (Wildman–Crippen LogP) is 4.80. The standard InChI is InChI=1S/C19H16O4S/c1-22-14-7-3-12(4-8-14)16-11-17(19(20)21)24-18(16)13-5-9-15(23-2)10-6-13/h3-11H,1-2H3,(H,20,21). The lowest BCUT2D eigenvalue weighted by Gasteiger charge is -2.07. The Morgan fingerprint density at radius 3 is 1.83 bits per heavy atom. The summed E-state index contributed by atoms with van der Waals surface area (Å²) < 4.78 is 10.4. The average Bonchev–Trinajstić information content (AvgIpc) is 3.07. The molecule has 0 amide bonds. The number of ether oxygens (including phenoxy) is 2. The van der Waals surface area contributed by atoms with Crippen LogP contribution in [0.1, 0.15) is 9.67 Å². The molecule has 0 saturated heterocycles. The van der Waals surface area contributed by atoms with Crippen LogP contribution in [0.5, 0.6) is 11.5 Å². The van der Waals surface area contributed by atoms with Crippen LogP contribution in [0.4, 0.5) is 0 Å². The number of carbonyl (C=O) groups is 1. The molecule has 3 rings (SSSR count). The van der Waals surface area contributed by atoms with Gasteiger partial charge >= 0.3 is 5.97 Å². The Balaban J connectivity index is 2.10. The second kappa shape index (κ2) is 6.76. The molecular weight excluding hydrogens is 324 g/mol. The van der Waals surface area contributed by atoms with Crippen molar-refractivity contribution >= 4 is 17.3 Å². The van der Waals surface area contributed by atoms with Crippen LogP contribution in [-0.4, -0.2) is 25.3 Å². The van der Waals surface area contributed by atoms with Crippen molar-refractivity contribution in [1.82, 2.24) is 0 Å². The molecule has 1 N–H and O–H groups in total. The summed E-state index contributed by atoms with van der Waals surface area (Å²) in [5, 5.41) is 9.35. The van der Waals surface area contributed by atoms with Gasteiger partial charge in [-0.3, -0.25) is 0 Å². The normalized spacial score (nSPS) is 10.4. The molecule has 0 saturated carbocycles. The van der Waals surface area contributed by atoms with Crippen molar-refractivity contribution in [2.75, 3.05) is 14.2 Å². The molecule has 122 valence electrons. The second-order valence-corrected chi connectivity index (χ2v) is 6.17. The molecule has 0 radical (unpaired) electrons. The number of benzene rings is 2. The first kappa shape index (κ1) is 16.1. The lowest BCUT2D eigenvalue weighted by Crippen LogP contribution is -1.89. The first-order valence-corrected chi connectivity index (χ1v) is 8.10. The Morgan fingerprint density at radius 1 is 0.875 bits per heavy atom. The Morgan fingerprint density at radius 2 is 1.38 bits per heavy atom. The zero-order valence-electron chi connectivity index (χ0n) is 13.3. The molecule has 24 heavy (non-hydrogen) atoms. The van der Waals surface area contributed by atoms with Crippen molar-refractivity contribution in [2.24, 2.45) is 0 Å². The fourth-order valence-electron chi connectivity index (χ4n) is 2.44. The van der Waals surface area contributed by atoms with Crippen LogP contribution in [0.15, 0.2) is 54.6 Å². The molecule has 1 heterocycles. The number of thiophene rings is 1. The summed E-state index contributed by atoms with van der Waals surface area (Å²) in [4.78, 5) is 12.6. The van der Waals surface area contributed by atoms with E-state index in [1.165, 1.54) is 11.3 Å². The third-order valence-corrected chi connectivity index (χ3v) is 4.87. The van der Waals surface area contributed by atoms with Crippen LogP contribution in [0, 0.1) is 0 Å². The fraction of sp³-hybridized carbons (Fsp3) is 0.105. The number of rotatable bonds is 5. The van der Waals surface area contributed by atoms with Crippen LogP contribution in [0.25, 0.3) is 21.6 Å². The third kappa shape index (κ3) is 3.12. The van der Waals surface area contributed by atoms with Gasteiger partial charge in [0.25, 0.3) is 0 Å². The molecule has 2 aromatic carbocycles. The number of carboxylic acid groups (broad SMARTS) is 1. The summed E-state index contributed by atoms with van der Waals surface area (Å²) in [6.45, 7) is 0. The molecule has 4 nitrogen and oxygen atoms in total. The highest BCUT2D eigenvalue weighted by atomic mass is 32.1. The molecule has 0 aliphatic rings. The lowest BCUT2D eigenvalue weighted by molar-refractivity contribution is 0.0702. The summed E-state index contributed by atoms with van der Waals surface area (Å²) in [7, 11) is 3.23. The first-order chi connectivity index (χ1) is 11.6. The van der Waals surface area contributed by atoms with Gasteiger partial charge in [0.05, 0.1) is 14.2 Å². The van der Waals surface area contributed by atoms with E-state index in [1.54, 1.807) is 20.3 Å². The van der Waals surface area contributed by atoms with E-state index in [1.807, 2.05) is 48.5 Å². The summed E-state index contributed by atoms with van der Waals surface area (Å²) in [5.74, 6) is 0.604. The van der Waals surface area contributed by atoms with Crippen molar-refractivity contribution in [3.63, 3.8) is 0 Å². The summed E-state index contributed by atoms with van der Waals surface area (Å²) in [6.07, 6.45) is 0. The minimum absolute atomic E-state index is 0.312. The molecule has 3 aromatic rings. The quantitative estimate of drug-likeness (QED) is 0.725. The number of hydrogen-bond donors (Lipinski definition) is 1. The van der Waals surface area contributed by atoms with E-state index >= 15 is 0 Å². The van der Waals surface area contributed by atoms with Crippen LogP contribution in [-0.2, 0) is 0 Å². The average molecular weight is 340 g/mol. The highest BCUT2D eigenvalue weighted by molar-refractivity contribution is 7.18. The molecule has 0 unspecified atom stereocenters. The maximum absolute atomic E-state index is 11.4. The molecule has 5 heteroatoms. The van der Waals surface area contributed by atoms with Crippen LogP contribution in [0.2, 0.25) is 0 Å². The van der Waals surface area contributed by atoms with Gasteiger partial charge in [0.1, 0.15) is 16.4 Å². The van der Waals surface area contributed by atoms with Gasteiger partial charge in [0, 0.05) is 10.4 Å². The molecule has 0 aliphatic carbocycles. The maximum atomic E-state index is 11.4. The van der Waals surface area contributed by atoms with Gasteiger partial charge in [-0.2, -0.15) is 0 Å². The Labute approximate surface area is 143 Å². The van der Waals surface area contributed by atoms with Gasteiger partial charge in [-0.15, -0.1) is 11.3 Å². The SMILES string of the molecule is COc1ccc(-c2cc(C(=O)O)sc2-c2ccc(OC)cc2)cc1. The lowest BCUT2D eigenvalue weighted by atomic mass is 10.0. The molecule has 0 fully saturated rings. The van der Waals surface area contributed by atoms with Crippen LogP contribution in [0.3, 0.4) is 0 Å². The minimum atomic E-state index is -0.922. The molecule has 0 aliphatic heterocycles. The van der Waals surface area contributed by atoms with Crippen molar-refractivity contribution in [2.45, 2.75) is 0 Å². The predicted molar refractivity (Wildman–Crippen MR) is 95.3 cm³/mol. The Bertz CT molecular complexity index is 783. The fourth-order valence-corrected chi connectivity index (χ4v) is 3.46. The summed E-state index contributed by atoms with van der Waals surface area (Å²) in [6, 6.07) is 16.9. The van der Waals surface area contributed by atoms with Crippen LogP contribution < -0.4 is 9.47 Å². The number of carboxylic acids is 1. The van der Waals surface area contributed by atoms with E-state index in [9.17, 15) is 9.90 Å². The van der Waals surface area contributed by atoms with Crippen molar-refractivity contribution < 1.29 is 19.4 Å². The van der Waals surface area contributed by atoms with Gasteiger partial charge in [0.15, 0.2) is 0 Å². The van der Waals surface area contributed by atoms with Crippen molar-refractivity contribution in [3.8, 4) is 33.1 Å². The van der Waals surface area contributed by atoms with E-state index in [0.717, 1.165) is 33.1 Å². The number of aromatic carboxylic acids is 1. The zero-order valence-corrected chi connectivity index (χ0v) is 14.1. The topological polar surface area (TPSA) is 55.8 Å². The highest BCUT2D eigenvalue weighted by Crippen LogP contribution is 2.40. The Kier molecular flexibility index (Phi) is 4.53. The summed E-state index contributed by atoms with van der Waals surface area (Å²) >= 11 is 1.27. The van der Waals surface area contributed by atoms with Gasteiger partial charge in [-0.1, -0.05) is 12.1 Å². The first-order valence-electron chi connectivity index (χ1n) is 7.28.